The molecule has 0 spiro atoms. The number of aliphatic carboxylic acids is 1. The summed E-state index contributed by atoms with van der Waals surface area (Å²) in [5, 5.41) is 13.0. The van der Waals surface area contributed by atoms with Gasteiger partial charge in [0, 0.05) is 41.9 Å². The molecule has 0 aliphatic carbocycles. The van der Waals surface area contributed by atoms with Crippen LogP contribution in [0.2, 0.25) is 0 Å². The van der Waals surface area contributed by atoms with Crippen molar-refractivity contribution in [3.05, 3.63) is 126 Å². The molecule has 4 aromatic carbocycles. The van der Waals surface area contributed by atoms with E-state index in [1.807, 2.05) is 67.6 Å². The van der Waals surface area contributed by atoms with Crippen LogP contribution in [-0.4, -0.2) is 42.0 Å². The second-order valence-electron chi connectivity index (χ2n) is 9.96. The number of rotatable bonds is 15. The SMILES string of the molecule is CCCC(=O)N(CCCOc1ccc(C[C@H](Nc2ccccc2C(=O)c2ccccc2)C(=O)O)cc1)c1ccccc1. The van der Waals surface area contributed by atoms with Crippen molar-refractivity contribution in [2.45, 2.75) is 38.6 Å². The lowest BCUT2D eigenvalue weighted by Crippen LogP contribution is -2.32. The lowest BCUT2D eigenvalue weighted by molar-refractivity contribution is -0.137. The fourth-order valence-corrected chi connectivity index (χ4v) is 4.66. The maximum absolute atomic E-state index is 13.1. The maximum atomic E-state index is 13.1. The zero-order chi connectivity index (χ0) is 29.7. The number of carbonyl (C=O) groups is 3. The van der Waals surface area contributed by atoms with E-state index in [0.29, 0.717) is 48.6 Å². The van der Waals surface area contributed by atoms with Gasteiger partial charge in [-0.2, -0.15) is 0 Å². The van der Waals surface area contributed by atoms with Crippen molar-refractivity contribution < 1.29 is 24.2 Å². The minimum atomic E-state index is -1.02. The highest BCUT2D eigenvalue weighted by atomic mass is 16.5. The summed E-state index contributed by atoms with van der Waals surface area (Å²) in [4.78, 5) is 39.7. The van der Waals surface area contributed by atoms with Gasteiger partial charge in [-0.25, -0.2) is 4.79 Å². The predicted molar refractivity (Wildman–Crippen MR) is 165 cm³/mol. The van der Waals surface area contributed by atoms with Crippen molar-refractivity contribution in [1.82, 2.24) is 0 Å². The van der Waals surface area contributed by atoms with Crippen LogP contribution in [0.15, 0.2) is 109 Å². The molecule has 2 N–H and O–H groups in total. The number of para-hydroxylation sites is 2. The fraction of sp³-hybridized carbons (Fsp3) is 0.229. The summed E-state index contributed by atoms with van der Waals surface area (Å²) >= 11 is 0. The topological polar surface area (TPSA) is 95.9 Å². The van der Waals surface area contributed by atoms with Gasteiger partial charge in [-0.15, -0.1) is 0 Å². The zero-order valence-electron chi connectivity index (χ0n) is 23.7. The van der Waals surface area contributed by atoms with Crippen LogP contribution in [0.3, 0.4) is 0 Å². The van der Waals surface area contributed by atoms with Gasteiger partial charge >= 0.3 is 5.97 Å². The molecule has 0 bridgehead atoms. The molecule has 7 heteroatoms. The van der Waals surface area contributed by atoms with Gasteiger partial charge in [-0.1, -0.05) is 79.7 Å². The van der Waals surface area contributed by atoms with Crippen molar-refractivity contribution in [1.29, 1.82) is 0 Å². The van der Waals surface area contributed by atoms with Crippen LogP contribution in [0.4, 0.5) is 11.4 Å². The van der Waals surface area contributed by atoms with Crippen LogP contribution < -0.4 is 15.0 Å². The second-order valence-corrected chi connectivity index (χ2v) is 9.96. The number of hydrogen-bond donors (Lipinski definition) is 2. The summed E-state index contributed by atoms with van der Waals surface area (Å²) in [5.74, 6) is -0.422. The number of benzene rings is 4. The third-order valence-corrected chi connectivity index (χ3v) is 6.83. The second kappa shape index (κ2) is 15.2. The van der Waals surface area contributed by atoms with Crippen molar-refractivity contribution in [3.8, 4) is 5.75 Å². The molecule has 0 saturated heterocycles. The zero-order valence-corrected chi connectivity index (χ0v) is 23.7. The van der Waals surface area contributed by atoms with Crippen LogP contribution in [-0.2, 0) is 16.0 Å². The number of carbonyl (C=O) groups excluding carboxylic acids is 2. The Bertz CT molecular complexity index is 1460. The standard InChI is InChI=1S/C35H36N2O5/c1-2-12-33(38)37(28-15-7-4-8-16-28)23-11-24-42-29-21-19-26(20-22-29)25-32(35(40)41)36-31-18-10-9-17-30(31)34(39)27-13-5-3-6-14-27/h3-10,13-22,32,36H,2,11-12,23-25H2,1H3,(H,40,41)/t32-/m0/s1. The van der Waals surface area contributed by atoms with Gasteiger partial charge in [0.2, 0.25) is 5.91 Å². The Balaban J connectivity index is 1.34. The van der Waals surface area contributed by atoms with E-state index in [0.717, 1.165) is 17.7 Å². The minimum absolute atomic E-state index is 0.0988. The van der Waals surface area contributed by atoms with Crippen molar-refractivity contribution >= 4 is 29.0 Å². The molecule has 0 aromatic heterocycles. The van der Waals surface area contributed by atoms with Gasteiger partial charge in [-0.05, 0) is 54.8 Å². The first-order valence-corrected chi connectivity index (χ1v) is 14.2. The third-order valence-electron chi connectivity index (χ3n) is 6.83. The van der Waals surface area contributed by atoms with Crippen LogP contribution in [0.5, 0.6) is 5.75 Å². The molecule has 7 nitrogen and oxygen atoms in total. The maximum Gasteiger partial charge on any atom is 0.326 e. The molecular weight excluding hydrogens is 528 g/mol. The Morgan fingerprint density at radius 3 is 2.14 bits per heavy atom. The van der Waals surface area contributed by atoms with Gasteiger partial charge in [0.25, 0.3) is 0 Å². The first kappa shape index (κ1) is 30.1. The summed E-state index contributed by atoms with van der Waals surface area (Å²) in [7, 11) is 0. The fourth-order valence-electron chi connectivity index (χ4n) is 4.66. The number of anilines is 2. The highest BCUT2D eigenvalue weighted by molar-refractivity contribution is 6.12. The van der Waals surface area contributed by atoms with Crippen LogP contribution in [0.1, 0.15) is 47.7 Å². The van der Waals surface area contributed by atoms with Crippen LogP contribution >= 0.6 is 0 Å². The Kier molecular flexibility index (Phi) is 10.9. The van der Waals surface area contributed by atoms with E-state index in [1.165, 1.54) is 0 Å². The van der Waals surface area contributed by atoms with E-state index >= 15 is 0 Å². The van der Waals surface area contributed by atoms with E-state index < -0.39 is 12.0 Å². The Morgan fingerprint density at radius 2 is 1.48 bits per heavy atom. The minimum Gasteiger partial charge on any atom is -0.494 e. The number of hydrogen-bond acceptors (Lipinski definition) is 5. The first-order valence-electron chi connectivity index (χ1n) is 14.2. The number of carboxylic acid groups (broad SMARTS) is 1. The summed E-state index contributed by atoms with van der Waals surface area (Å²) in [5.41, 5.74) is 3.12. The van der Waals surface area contributed by atoms with Crippen molar-refractivity contribution in [3.63, 3.8) is 0 Å². The summed E-state index contributed by atoms with van der Waals surface area (Å²) in [6.07, 6.45) is 2.17. The van der Waals surface area contributed by atoms with Crippen LogP contribution in [0, 0.1) is 0 Å². The average molecular weight is 565 g/mol. The highest BCUT2D eigenvalue weighted by Crippen LogP contribution is 2.22. The lowest BCUT2D eigenvalue weighted by Gasteiger charge is -2.23. The molecule has 42 heavy (non-hydrogen) atoms. The molecular formula is C35H36N2O5. The quantitative estimate of drug-likeness (QED) is 0.124. The number of ether oxygens (including phenoxy) is 1. The van der Waals surface area contributed by atoms with Crippen molar-refractivity contribution in [2.24, 2.45) is 0 Å². The van der Waals surface area contributed by atoms with Gasteiger partial charge < -0.3 is 20.1 Å². The largest absolute Gasteiger partial charge is 0.494 e. The third kappa shape index (κ3) is 8.30. The molecule has 0 saturated carbocycles. The Hall–Kier alpha value is -4.91. The average Bonchev–Trinajstić information content (AvgIpc) is 3.02. The lowest BCUT2D eigenvalue weighted by atomic mass is 10.00. The molecule has 0 heterocycles. The molecule has 1 atom stereocenters. The van der Waals surface area contributed by atoms with Crippen LogP contribution in [0.25, 0.3) is 0 Å². The predicted octanol–water partition coefficient (Wildman–Crippen LogP) is 6.63. The number of nitrogens with one attached hydrogen (secondary N) is 1. The van der Waals surface area contributed by atoms with Gasteiger partial charge in [0.05, 0.1) is 6.61 Å². The summed E-state index contributed by atoms with van der Waals surface area (Å²) < 4.78 is 5.91. The Morgan fingerprint density at radius 1 is 0.833 bits per heavy atom. The van der Waals surface area contributed by atoms with E-state index in [9.17, 15) is 19.5 Å². The molecule has 0 aliphatic rings. The molecule has 4 aromatic rings. The molecule has 0 fully saturated rings. The molecule has 0 radical (unpaired) electrons. The number of amides is 1. The van der Waals surface area contributed by atoms with E-state index in [-0.39, 0.29) is 18.1 Å². The van der Waals surface area contributed by atoms with E-state index in [4.69, 9.17) is 4.74 Å². The van der Waals surface area contributed by atoms with E-state index in [1.54, 1.807) is 53.4 Å². The summed E-state index contributed by atoms with van der Waals surface area (Å²) in [6.45, 7) is 2.99. The molecule has 4 rings (SSSR count). The number of ketones is 1. The highest BCUT2D eigenvalue weighted by Gasteiger charge is 2.21. The van der Waals surface area contributed by atoms with Gasteiger partial charge in [0.1, 0.15) is 11.8 Å². The Labute approximate surface area is 246 Å². The molecule has 0 aliphatic heterocycles. The van der Waals surface area contributed by atoms with Gasteiger partial charge in [0.15, 0.2) is 5.78 Å². The first-order chi connectivity index (χ1) is 20.5. The smallest absolute Gasteiger partial charge is 0.326 e. The molecule has 1 amide bonds. The number of carboxylic acids is 1. The molecule has 216 valence electrons. The van der Waals surface area contributed by atoms with Gasteiger partial charge in [-0.3, -0.25) is 9.59 Å². The normalized spacial score (nSPS) is 11.4. The summed E-state index contributed by atoms with van der Waals surface area (Å²) in [6, 6.07) is 31.9. The monoisotopic (exact) mass is 564 g/mol. The number of nitrogens with zero attached hydrogens (tertiary/aromatic N) is 1. The van der Waals surface area contributed by atoms with Crippen molar-refractivity contribution in [2.75, 3.05) is 23.4 Å². The molecule has 0 unspecified atom stereocenters. The van der Waals surface area contributed by atoms with E-state index in [2.05, 4.69) is 5.32 Å².